The normalized spacial score (nSPS) is 16.7. The molecule has 28 heavy (non-hydrogen) atoms. The number of sulfonamides is 1. The van der Waals surface area contributed by atoms with Gasteiger partial charge in [0.05, 0.1) is 10.8 Å². The molecule has 1 aliphatic rings. The van der Waals surface area contributed by atoms with E-state index in [9.17, 15) is 13.2 Å². The summed E-state index contributed by atoms with van der Waals surface area (Å²) in [6.07, 6.45) is 5.27. The second-order valence-electron chi connectivity index (χ2n) is 7.98. The summed E-state index contributed by atoms with van der Waals surface area (Å²) in [7, 11) is -3.89. The minimum absolute atomic E-state index is 0.126. The Morgan fingerprint density at radius 3 is 2.07 bits per heavy atom. The third-order valence-electron chi connectivity index (χ3n) is 5.65. The number of carbonyl (C=O) groups excluding carboxylic acids is 1. The summed E-state index contributed by atoms with van der Waals surface area (Å²) in [4.78, 5) is 13.2. The predicted molar refractivity (Wildman–Crippen MR) is 112 cm³/mol. The van der Waals surface area contributed by atoms with Gasteiger partial charge in [0.15, 0.2) is 0 Å². The Morgan fingerprint density at radius 2 is 1.50 bits per heavy atom. The molecule has 2 aromatic rings. The van der Waals surface area contributed by atoms with Crippen LogP contribution in [0.25, 0.3) is 0 Å². The fourth-order valence-electron chi connectivity index (χ4n) is 4.05. The van der Waals surface area contributed by atoms with Crippen LogP contribution >= 0.6 is 0 Å². The van der Waals surface area contributed by atoms with Gasteiger partial charge in [-0.25, -0.2) is 13.1 Å². The maximum Gasteiger partial charge on any atom is 0.264 e. The summed E-state index contributed by atoms with van der Waals surface area (Å²) in [5.41, 5.74) is 1.95. The summed E-state index contributed by atoms with van der Waals surface area (Å²) in [5, 5.41) is 0. The van der Waals surface area contributed by atoms with Crippen molar-refractivity contribution in [3.63, 3.8) is 0 Å². The molecule has 1 aliphatic carbocycles. The summed E-state index contributed by atoms with van der Waals surface area (Å²) in [5.74, 6) is -0.368. The Hall–Kier alpha value is -2.14. The van der Waals surface area contributed by atoms with Gasteiger partial charge in [0, 0.05) is 0 Å². The van der Waals surface area contributed by atoms with E-state index in [0.717, 1.165) is 36.8 Å². The molecule has 3 rings (SSSR count). The molecule has 1 amide bonds. The van der Waals surface area contributed by atoms with Gasteiger partial charge in [-0.05, 0) is 47.9 Å². The van der Waals surface area contributed by atoms with E-state index in [0.29, 0.717) is 5.92 Å². The second kappa shape index (κ2) is 8.91. The summed E-state index contributed by atoms with van der Waals surface area (Å²) >= 11 is 0. The zero-order valence-corrected chi connectivity index (χ0v) is 17.4. The lowest BCUT2D eigenvalue weighted by molar-refractivity contribution is -0.122. The quantitative estimate of drug-likeness (QED) is 0.745. The number of rotatable bonds is 6. The molecule has 150 valence electrons. The Morgan fingerprint density at radius 1 is 0.893 bits per heavy atom. The molecule has 0 spiro atoms. The molecule has 1 N–H and O–H groups in total. The zero-order valence-electron chi connectivity index (χ0n) is 16.6. The van der Waals surface area contributed by atoms with Crippen molar-refractivity contribution in [2.75, 3.05) is 0 Å². The minimum Gasteiger partial charge on any atom is -0.273 e. The van der Waals surface area contributed by atoms with Crippen LogP contribution in [0.4, 0.5) is 0 Å². The lowest BCUT2D eigenvalue weighted by atomic mass is 9.76. The maximum absolute atomic E-state index is 13.1. The van der Waals surface area contributed by atoms with Crippen LogP contribution in [-0.2, 0) is 14.8 Å². The van der Waals surface area contributed by atoms with Gasteiger partial charge in [0.25, 0.3) is 10.0 Å². The number of nitrogens with one attached hydrogen (secondary N) is 1. The first-order valence-corrected chi connectivity index (χ1v) is 11.6. The lowest BCUT2D eigenvalue weighted by Gasteiger charge is -2.29. The molecular weight excluding hydrogens is 370 g/mol. The Bertz CT molecular complexity index is 883. The average molecular weight is 400 g/mol. The van der Waals surface area contributed by atoms with E-state index < -0.39 is 21.8 Å². The van der Waals surface area contributed by atoms with Gasteiger partial charge in [-0.1, -0.05) is 75.6 Å². The van der Waals surface area contributed by atoms with Crippen LogP contribution in [0.1, 0.15) is 68.9 Å². The smallest absolute Gasteiger partial charge is 0.264 e. The molecule has 0 saturated heterocycles. The van der Waals surface area contributed by atoms with Crippen molar-refractivity contribution in [1.29, 1.82) is 0 Å². The number of carbonyl (C=O) groups is 1. The molecule has 0 bridgehead atoms. The highest BCUT2D eigenvalue weighted by atomic mass is 32.2. The van der Waals surface area contributed by atoms with Crippen molar-refractivity contribution in [2.45, 2.75) is 62.7 Å². The lowest BCUT2D eigenvalue weighted by Crippen LogP contribution is -2.38. The van der Waals surface area contributed by atoms with Crippen LogP contribution in [0.3, 0.4) is 0 Å². The highest BCUT2D eigenvalue weighted by Crippen LogP contribution is 2.36. The van der Waals surface area contributed by atoms with Crippen molar-refractivity contribution in [3.05, 3.63) is 65.7 Å². The maximum atomic E-state index is 13.1. The van der Waals surface area contributed by atoms with Crippen LogP contribution in [0, 0.1) is 5.92 Å². The van der Waals surface area contributed by atoms with Crippen molar-refractivity contribution < 1.29 is 13.2 Å². The predicted octanol–water partition coefficient (Wildman–Crippen LogP) is 4.98. The molecule has 5 heteroatoms. The zero-order chi connectivity index (χ0) is 20.1. The van der Waals surface area contributed by atoms with Crippen molar-refractivity contribution >= 4 is 15.9 Å². The van der Waals surface area contributed by atoms with E-state index in [1.165, 1.54) is 6.42 Å². The molecule has 4 nitrogen and oxygen atoms in total. The van der Waals surface area contributed by atoms with Crippen molar-refractivity contribution in [3.8, 4) is 0 Å². The third-order valence-corrected chi connectivity index (χ3v) is 7.02. The Kier molecular flexibility index (Phi) is 6.55. The SMILES string of the molecule is CC(C)c1ccc(S(=O)(=O)NC(=O)[C@H](c2ccccc2)C2CCCCC2)cc1. The van der Waals surface area contributed by atoms with Crippen LogP contribution in [0.2, 0.25) is 0 Å². The van der Waals surface area contributed by atoms with Gasteiger partial charge in [-0.15, -0.1) is 0 Å². The average Bonchev–Trinajstić information content (AvgIpc) is 2.69. The van der Waals surface area contributed by atoms with Crippen molar-refractivity contribution in [2.24, 2.45) is 5.92 Å². The van der Waals surface area contributed by atoms with E-state index in [1.54, 1.807) is 24.3 Å². The largest absolute Gasteiger partial charge is 0.273 e. The van der Waals surface area contributed by atoms with Gasteiger partial charge in [0.1, 0.15) is 0 Å². The Labute approximate surface area is 168 Å². The molecule has 0 radical (unpaired) electrons. The van der Waals surface area contributed by atoms with Crippen LogP contribution in [-0.4, -0.2) is 14.3 Å². The number of benzene rings is 2. The standard InChI is InChI=1S/C23H29NO3S/c1-17(2)18-13-15-21(16-14-18)28(26,27)24-23(25)22(19-9-5-3-6-10-19)20-11-7-4-8-12-20/h3,5-6,9-10,13-17,20,22H,4,7-8,11-12H2,1-2H3,(H,24,25)/t22-/m1/s1. The summed E-state index contributed by atoms with van der Waals surface area (Å²) in [6.45, 7) is 4.11. The molecule has 1 fully saturated rings. The van der Waals surface area contributed by atoms with Crippen molar-refractivity contribution in [1.82, 2.24) is 4.72 Å². The molecule has 1 saturated carbocycles. The van der Waals surface area contributed by atoms with Gasteiger partial charge in [-0.3, -0.25) is 4.79 Å². The molecule has 0 unspecified atom stereocenters. The van der Waals surface area contributed by atoms with Crippen LogP contribution in [0.15, 0.2) is 59.5 Å². The highest BCUT2D eigenvalue weighted by molar-refractivity contribution is 7.90. The first-order chi connectivity index (χ1) is 13.4. The van der Waals surface area contributed by atoms with Gasteiger partial charge < -0.3 is 0 Å². The van der Waals surface area contributed by atoms with Crippen LogP contribution < -0.4 is 4.72 Å². The second-order valence-corrected chi connectivity index (χ2v) is 9.66. The number of amides is 1. The molecule has 0 aliphatic heterocycles. The van der Waals surface area contributed by atoms with E-state index in [4.69, 9.17) is 0 Å². The first kappa shape index (κ1) is 20.6. The molecule has 1 atom stereocenters. The summed E-state index contributed by atoms with van der Waals surface area (Å²) in [6, 6.07) is 16.3. The molecule has 0 aromatic heterocycles. The van der Waals surface area contributed by atoms with Gasteiger partial charge in [0.2, 0.25) is 5.91 Å². The first-order valence-electron chi connectivity index (χ1n) is 10.1. The van der Waals surface area contributed by atoms with Gasteiger partial charge >= 0.3 is 0 Å². The third kappa shape index (κ3) is 4.82. The summed E-state index contributed by atoms with van der Waals surface area (Å²) < 4.78 is 28.0. The topological polar surface area (TPSA) is 63.2 Å². The number of hydrogen-bond acceptors (Lipinski definition) is 3. The van der Waals surface area contributed by atoms with E-state index in [1.807, 2.05) is 30.3 Å². The molecule has 0 heterocycles. The van der Waals surface area contributed by atoms with E-state index >= 15 is 0 Å². The molecular formula is C23H29NO3S. The van der Waals surface area contributed by atoms with Gasteiger partial charge in [-0.2, -0.15) is 0 Å². The van der Waals surface area contributed by atoms with Crippen LogP contribution in [0.5, 0.6) is 0 Å². The minimum atomic E-state index is -3.89. The van der Waals surface area contributed by atoms with E-state index in [2.05, 4.69) is 18.6 Å². The fourth-order valence-corrected chi connectivity index (χ4v) is 5.06. The van der Waals surface area contributed by atoms with E-state index in [-0.39, 0.29) is 10.8 Å². The monoisotopic (exact) mass is 399 g/mol. The Balaban J connectivity index is 1.84. The number of hydrogen-bond donors (Lipinski definition) is 1. The highest BCUT2D eigenvalue weighted by Gasteiger charge is 2.33. The molecule has 2 aromatic carbocycles. The fraction of sp³-hybridized carbons (Fsp3) is 0.435.